The van der Waals surface area contributed by atoms with Gasteiger partial charge in [0.25, 0.3) is 5.91 Å². The number of halogens is 1. The summed E-state index contributed by atoms with van der Waals surface area (Å²) < 4.78 is 14.0. The molecule has 0 spiro atoms. The van der Waals surface area contributed by atoms with Crippen molar-refractivity contribution in [3.05, 3.63) is 47.7 Å². The zero-order chi connectivity index (χ0) is 22.7. The first-order chi connectivity index (χ1) is 15.3. The lowest BCUT2D eigenvalue weighted by Crippen LogP contribution is -2.42. The fourth-order valence-corrected chi connectivity index (χ4v) is 3.61. The van der Waals surface area contributed by atoms with Gasteiger partial charge < -0.3 is 21.1 Å². The van der Waals surface area contributed by atoms with Crippen LogP contribution in [0.1, 0.15) is 37.0 Å². The highest BCUT2D eigenvalue weighted by molar-refractivity contribution is 7.14. The number of hydrogen-bond donors (Lipinski definition) is 4. The number of pyridine rings is 2. The van der Waals surface area contributed by atoms with Crippen LogP contribution in [0.25, 0.3) is 11.3 Å². The van der Waals surface area contributed by atoms with Crippen LogP contribution in [0.2, 0.25) is 0 Å². The van der Waals surface area contributed by atoms with Crippen LogP contribution in [0.4, 0.5) is 21.0 Å². The Morgan fingerprint density at radius 2 is 2.19 bits per heavy atom. The molecule has 0 unspecified atom stereocenters. The second-order valence-corrected chi connectivity index (χ2v) is 9.13. The highest BCUT2D eigenvalue weighted by atomic mass is 32.1. The van der Waals surface area contributed by atoms with Gasteiger partial charge in [0.2, 0.25) is 0 Å². The summed E-state index contributed by atoms with van der Waals surface area (Å²) in [4.78, 5) is 25.7. The standard InChI is InChI=1S/C22H25FN6O2S/c1-22(2,31)18(23)11-26-20(30)15-10-25-19(8-16(15)27-14-5-6-14)29-21-28-17(12-32-21)13-4-3-7-24-9-13/h3-4,7-10,12,14,18,31H,5-6,11H2,1-2H3,(H,26,30)(H2,25,27,28,29)/t18-/m1/s1. The minimum Gasteiger partial charge on any atom is -0.387 e. The van der Waals surface area contributed by atoms with Crippen LogP contribution in [0.5, 0.6) is 0 Å². The van der Waals surface area contributed by atoms with Gasteiger partial charge in [-0.05, 0) is 38.8 Å². The van der Waals surface area contributed by atoms with Crippen LogP contribution in [0.3, 0.4) is 0 Å². The number of carbonyl (C=O) groups is 1. The zero-order valence-electron chi connectivity index (χ0n) is 17.8. The zero-order valence-corrected chi connectivity index (χ0v) is 18.6. The van der Waals surface area contributed by atoms with Gasteiger partial charge in [0.05, 0.1) is 29.1 Å². The second-order valence-electron chi connectivity index (χ2n) is 8.27. The summed E-state index contributed by atoms with van der Waals surface area (Å²) in [6.07, 6.45) is 5.39. The van der Waals surface area contributed by atoms with Gasteiger partial charge in [0.1, 0.15) is 12.0 Å². The van der Waals surface area contributed by atoms with E-state index in [1.165, 1.54) is 31.4 Å². The molecule has 10 heteroatoms. The van der Waals surface area contributed by atoms with E-state index in [0.717, 1.165) is 24.1 Å². The Morgan fingerprint density at radius 1 is 1.38 bits per heavy atom. The first kappa shape index (κ1) is 22.1. The first-order valence-corrected chi connectivity index (χ1v) is 11.2. The average molecular weight is 457 g/mol. The van der Waals surface area contributed by atoms with E-state index in [0.29, 0.717) is 28.2 Å². The molecule has 0 aromatic carbocycles. The third kappa shape index (κ3) is 5.57. The molecule has 0 aliphatic heterocycles. The molecule has 3 aromatic rings. The van der Waals surface area contributed by atoms with E-state index < -0.39 is 17.7 Å². The van der Waals surface area contributed by atoms with Crippen LogP contribution < -0.4 is 16.0 Å². The van der Waals surface area contributed by atoms with Crippen LogP contribution in [0.15, 0.2) is 42.2 Å². The van der Waals surface area contributed by atoms with E-state index >= 15 is 0 Å². The highest BCUT2D eigenvalue weighted by Gasteiger charge is 2.28. The van der Waals surface area contributed by atoms with Crippen LogP contribution in [0, 0.1) is 0 Å². The van der Waals surface area contributed by atoms with Crippen molar-refractivity contribution in [2.45, 2.75) is 44.5 Å². The molecular weight excluding hydrogens is 431 g/mol. The van der Waals surface area contributed by atoms with Crippen molar-refractivity contribution in [1.29, 1.82) is 0 Å². The molecule has 1 aliphatic rings. The number of carbonyl (C=O) groups excluding carboxylic acids is 1. The van der Waals surface area contributed by atoms with Crippen LogP contribution in [-0.4, -0.2) is 50.3 Å². The monoisotopic (exact) mass is 456 g/mol. The van der Waals surface area contributed by atoms with Gasteiger partial charge in [-0.2, -0.15) is 0 Å². The van der Waals surface area contributed by atoms with Gasteiger partial charge >= 0.3 is 0 Å². The summed E-state index contributed by atoms with van der Waals surface area (Å²) in [7, 11) is 0. The summed E-state index contributed by atoms with van der Waals surface area (Å²) in [5.41, 5.74) is 1.14. The van der Waals surface area contributed by atoms with Crippen molar-refractivity contribution in [1.82, 2.24) is 20.3 Å². The number of nitrogens with zero attached hydrogens (tertiary/aromatic N) is 3. The van der Waals surface area contributed by atoms with E-state index in [9.17, 15) is 14.3 Å². The minimum absolute atomic E-state index is 0.290. The fraction of sp³-hybridized carbons (Fsp3) is 0.364. The molecule has 168 valence electrons. The normalized spacial score (nSPS) is 14.6. The van der Waals surface area contributed by atoms with Crippen molar-refractivity contribution < 1.29 is 14.3 Å². The average Bonchev–Trinajstić information content (AvgIpc) is 3.46. The third-order valence-corrected chi connectivity index (χ3v) is 5.75. The number of anilines is 3. The van der Waals surface area contributed by atoms with Crippen LogP contribution >= 0.6 is 11.3 Å². The maximum atomic E-state index is 14.0. The fourth-order valence-electron chi connectivity index (χ4n) is 2.89. The Hall–Kier alpha value is -3.11. The molecule has 8 nitrogen and oxygen atoms in total. The summed E-state index contributed by atoms with van der Waals surface area (Å²) in [5.74, 6) is 0.0869. The molecule has 3 heterocycles. The molecule has 1 atom stereocenters. The van der Waals surface area contributed by atoms with Crippen molar-refractivity contribution in [2.75, 3.05) is 17.2 Å². The Kier molecular flexibility index (Phi) is 6.33. The van der Waals surface area contributed by atoms with Crippen molar-refractivity contribution >= 4 is 33.9 Å². The van der Waals surface area contributed by atoms with E-state index in [2.05, 4.69) is 30.9 Å². The maximum absolute atomic E-state index is 14.0. The van der Waals surface area contributed by atoms with E-state index in [4.69, 9.17) is 0 Å². The van der Waals surface area contributed by atoms with Crippen LogP contribution in [-0.2, 0) is 0 Å². The molecule has 32 heavy (non-hydrogen) atoms. The maximum Gasteiger partial charge on any atom is 0.255 e. The number of aliphatic hydroxyl groups is 1. The first-order valence-electron chi connectivity index (χ1n) is 10.3. The SMILES string of the molecule is CC(C)(O)[C@H](F)CNC(=O)c1cnc(Nc2nc(-c3cccnc3)cs2)cc1NC1CC1. The minimum atomic E-state index is -1.58. The number of hydrogen-bond acceptors (Lipinski definition) is 8. The van der Waals surface area contributed by atoms with Gasteiger partial charge in [-0.3, -0.25) is 9.78 Å². The molecule has 1 saturated carbocycles. The molecule has 1 aliphatic carbocycles. The molecular formula is C22H25FN6O2S. The number of aromatic nitrogens is 3. The number of nitrogens with one attached hydrogen (secondary N) is 3. The van der Waals surface area contributed by atoms with Gasteiger partial charge in [0.15, 0.2) is 5.13 Å². The summed E-state index contributed by atoms with van der Waals surface area (Å²) >= 11 is 1.44. The number of rotatable bonds is 9. The lowest BCUT2D eigenvalue weighted by atomic mass is 10.0. The molecule has 1 fully saturated rings. The Balaban J connectivity index is 1.48. The number of amides is 1. The Morgan fingerprint density at radius 3 is 2.88 bits per heavy atom. The van der Waals surface area contributed by atoms with Crippen molar-refractivity contribution in [3.8, 4) is 11.3 Å². The molecule has 4 N–H and O–H groups in total. The highest BCUT2D eigenvalue weighted by Crippen LogP contribution is 2.30. The van der Waals surface area contributed by atoms with Gasteiger partial charge in [-0.25, -0.2) is 14.4 Å². The van der Waals surface area contributed by atoms with E-state index in [1.54, 1.807) is 18.5 Å². The lowest BCUT2D eigenvalue weighted by Gasteiger charge is -2.22. The van der Waals surface area contributed by atoms with E-state index in [-0.39, 0.29) is 6.54 Å². The second kappa shape index (κ2) is 9.17. The van der Waals surface area contributed by atoms with Crippen molar-refractivity contribution in [2.24, 2.45) is 0 Å². The Labute approximate surface area is 189 Å². The van der Waals surface area contributed by atoms with E-state index in [1.807, 2.05) is 17.5 Å². The third-order valence-electron chi connectivity index (χ3n) is 4.99. The smallest absolute Gasteiger partial charge is 0.255 e. The number of alkyl halides is 1. The lowest BCUT2D eigenvalue weighted by molar-refractivity contribution is -0.00177. The molecule has 0 saturated heterocycles. The predicted octanol–water partition coefficient (Wildman–Crippen LogP) is 3.76. The largest absolute Gasteiger partial charge is 0.387 e. The van der Waals surface area contributed by atoms with Gasteiger partial charge in [-0.15, -0.1) is 11.3 Å². The van der Waals surface area contributed by atoms with Gasteiger partial charge in [-0.1, -0.05) is 0 Å². The topological polar surface area (TPSA) is 112 Å². The molecule has 3 aromatic heterocycles. The molecule has 0 bridgehead atoms. The van der Waals surface area contributed by atoms with Gasteiger partial charge in [0, 0.05) is 41.6 Å². The quantitative estimate of drug-likeness (QED) is 0.388. The summed E-state index contributed by atoms with van der Waals surface area (Å²) in [6.45, 7) is 2.44. The summed E-state index contributed by atoms with van der Waals surface area (Å²) in [5, 5.41) is 21.4. The molecule has 1 amide bonds. The Bertz CT molecular complexity index is 1080. The predicted molar refractivity (Wildman–Crippen MR) is 123 cm³/mol. The summed E-state index contributed by atoms with van der Waals surface area (Å²) in [6, 6.07) is 5.85. The van der Waals surface area contributed by atoms with Crippen molar-refractivity contribution in [3.63, 3.8) is 0 Å². The molecule has 4 rings (SSSR count). The molecule has 0 radical (unpaired) electrons. The number of thiazole rings is 1.